The van der Waals surface area contributed by atoms with Gasteiger partial charge in [0.25, 0.3) is 0 Å². The standard InChI is InChI=1S/C15H23F3N2/c1-4-20(12(2)3)9-8-19-11-13-6-5-7-14(10-13)15(16,17)18/h5-7,10,12,19H,4,8-9,11H2,1-3H3. The van der Waals surface area contributed by atoms with Crippen LogP contribution in [0.2, 0.25) is 0 Å². The number of hydrogen-bond acceptors (Lipinski definition) is 2. The quantitative estimate of drug-likeness (QED) is 0.772. The molecule has 0 aliphatic carbocycles. The van der Waals surface area contributed by atoms with Crippen molar-refractivity contribution in [3.63, 3.8) is 0 Å². The second kappa shape index (κ2) is 7.64. The summed E-state index contributed by atoms with van der Waals surface area (Å²) in [5.74, 6) is 0. The number of alkyl halides is 3. The normalized spacial score (nSPS) is 12.4. The monoisotopic (exact) mass is 288 g/mol. The second-order valence-corrected chi connectivity index (χ2v) is 5.10. The molecule has 1 aromatic carbocycles. The first-order valence-corrected chi connectivity index (χ1v) is 6.95. The van der Waals surface area contributed by atoms with Crippen molar-refractivity contribution in [3.8, 4) is 0 Å². The first kappa shape index (κ1) is 17.0. The second-order valence-electron chi connectivity index (χ2n) is 5.10. The zero-order valence-corrected chi connectivity index (χ0v) is 12.3. The molecule has 1 N–H and O–H groups in total. The van der Waals surface area contributed by atoms with Gasteiger partial charge >= 0.3 is 6.18 Å². The fourth-order valence-electron chi connectivity index (χ4n) is 2.09. The van der Waals surface area contributed by atoms with E-state index in [-0.39, 0.29) is 0 Å². The van der Waals surface area contributed by atoms with E-state index >= 15 is 0 Å². The van der Waals surface area contributed by atoms with Gasteiger partial charge in [-0.15, -0.1) is 0 Å². The number of likely N-dealkylation sites (N-methyl/N-ethyl adjacent to an activating group) is 1. The van der Waals surface area contributed by atoms with Crippen LogP contribution in [0.5, 0.6) is 0 Å². The average molecular weight is 288 g/mol. The molecule has 0 unspecified atom stereocenters. The molecule has 0 atom stereocenters. The topological polar surface area (TPSA) is 15.3 Å². The van der Waals surface area contributed by atoms with Crippen LogP contribution < -0.4 is 5.32 Å². The van der Waals surface area contributed by atoms with Crippen LogP contribution in [0, 0.1) is 0 Å². The Morgan fingerprint density at radius 3 is 2.50 bits per heavy atom. The van der Waals surface area contributed by atoms with Crippen LogP contribution in [-0.2, 0) is 12.7 Å². The average Bonchev–Trinajstić information content (AvgIpc) is 2.37. The predicted octanol–water partition coefficient (Wildman–Crippen LogP) is 3.53. The number of nitrogens with zero attached hydrogens (tertiary/aromatic N) is 1. The van der Waals surface area contributed by atoms with E-state index < -0.39 is 11.7 Å². The Morgan fingerprint density at radius 2 is 1.95 bits per heavy atom. The third-order valence-electron chi connectivity index (χ3n) is 3.30. The lowest BCUT2D eigenvalue weighted by molar-refractivity contribution is -0.137. The highest BCUT2D eigenvalue weighted by molar-refractivity contribution is 5.25. The van der Waals surface area contributed by atoms with Crippen molar-refractivity contribution in [2.45, 2.75) is 39.5 Å². The molecule has 0 fully saturated rings. The van der Waals surface area contributed by atoms with Crippen LogP contribution in [0.1, 0.15) is 31.9 Å². The highest BCUT2D eigenvalue weighted by Crippen LogP contribution is 2.29. The molecule has 1 rings (SSSR count). The summed E-state index contributed by atoms with van der Waals surface area (Å²) in [5, 5.41) is 3.19. The molecule has 0 spiro atoms. The van der Waals surface area contributed by atoms with Crippen LogP contribution in [0.15, 0.2) is 24.3 Å². The fourth-order valence-corrected chi connectivity index (χ4v) is 2.09. The SMILES string of the molecule is CCN(CCNCc1cccc(C(F)(F)F)c1)C(C)C. The molecule has 0 aliphatic rings. The first-order chi connectivity index (χ1) is 9.34. The maximum Gasteiger partial charge on any atom is 0.416 e. The Hall–Kier alpha value is -1.07. The van der Waals surface area contributed by atoms with Crippen molar-refractivity contribution in [2.24, 2.45) is 0 Å². The summed E-state index contributed by atoms with van der Waals surface area (Å²) in [6.07, 6.45) is -4.27. The lowest BCUT2D eigenvalue weighted by Crippen LogP contribution is -2.36. The van der Waals surface area contributed by atoms with E-state index in [0.29, 0.717) is 18.2 Å². The Morgan fingerprint density at radius 1 is 1.25 bits per heavy atom. The van der Waals surface area contributed by atoms with Crippen molar-refractivity contribution < 1.29 is 13.2 Å². The van der Waals surface area contributed by atoms with E-state index in [1.165, 1.54) is 12.1 Å². The molecule has 0 saturated carbocycles. The van der Waals surface area contributed by atoms with Crippen molar-refractivity contribution in [3.05, 3.63) is 35.4 Å². The summed E-state index contributed by atoms with van der Waals surface area (Å²) in [5.41, 5.74) is 0.0709. The number of rotatable bonds is 7. The number of benzene rings is 1. The summed E-state index contributed by atoms with van der Waals surface area (Å²) < 4.78 is 37.7. The highest BCUT2D eigenvalue weighted by Gasteiger charge is 2.30. The Balaban J connectivity index is 2.43. The third kappa shape index (κ3) is 5.51. The highest BCUT2D eigenvalue weighted by atomic mass is 19.4. The van der Waals surface area contributed by atoms with Crippen molar-refractivity contribution in [1.82, 2.24) is 10.2 Å². The van der Waals surface area contributed by atoms with Crippen molar-refractivity contribution in [2.75, 3.05) is 19.6 Å². The van der Waals surface area contributed by atoms with Gasteiger partial charge in [-0.05, 0) is 32.0 Å². The van der Waals surface area contributed by atoms with E-state index in [9.17, 15) is 13.2 Å². The number of halogens is 3. The van der Waals surface area contributed by atoms with E-state index in [4.69, 9.17) is 0 Å². The molecular weight excluding hydrogens is 265 g/mol. The fraction of sp³-hybridized carbons (Fsp3) is 0.600. The minimum Gasteiger partial charge on any atom is -0.311 e. The van der Waals surface area contributed by atoms with Gasteiger partial charge in [0.05, 0.1) is 5.56 Å². The molecule has 0 amide bonds. The minimum absolute atomic E-state index is 0.458. The predicted molar refractivity (Wildman–Crippen MR) is 75.5 cm³/mol. The van der Waals surface area contributed by atoms with Crippen LogP contribution in [-0.4, -0.2) is 30.6 Å². The summed E-state index contributed by atoms with van der Waals surface area (Å²) >= 11 is 0. The van der Waals surface area contributed by atoms with Gasteiger partial charge in [0.2, 0.25) is 0 Å². The molecule has 2 nitrogen and oxygen atoms in total. The van der Waals surface area contributed by atoms with E-state index in [0.717, 1.165) is 25.7 Å². The maximum atomic E-state index is 12.6. The summed E-state index contributed by atoms with van der Waals surface area (Å²) in [4.78, 5) is 2.30. The molecule has 0 saturated heterocycles. The van der Waals surface area contributed by atoms with Crippen LogP contribution in [0.25, 0.3) is 0 Å². The van der Waals surface area contributed by atoms with Gasteiger partial charge in [-0.1, -0.05) is 25.1 Å². The molecule has 0 bridgehead atoms. The molecule has 0 radical (unpaired) electrons. The Bertz CT molecular complexity index is 402. The van der Waals surface area contributed by atoms with Gasteiger partial charge in [0.1, 0.15) is 0 Å². The van der Waals surface area contributed by atoms with Gasteiger partial charge in [0.15, 0.2) is 0 Å². The molecule has 1 aromatic rings. The molecule has 0 aliphatic heterocycles. The van der Waals surface area contributed by atoms with Gasteiger partial charge in [-0.25, -0.2) is 0 Å². The molecule has 5 heteroatoms. The largest absolute Gasteiger partial charge is 0.416 e. The van der Waals surface area contributed by atoms with Gasteiger partial charge in [-0.2, -0.15) is 13.2 Å². The zero-order chi connectivity index (χ0) is 15.2. The van der Waals surface area contributed by atoms with E-state index in [1.54, 1.807) is 6.07 Å². The van der Waals surface area contributed by atoms with Crippen LogP contribution >= 0.6 is 0 Å². The number of hydrogen-bond donors (Lipinski definition) is 1. The van der Waals surface area contributed by atoms with E-state index in [1.807, 2.05) is 0 Å². The molecule has 20 heavy (non-hydrogen) atoms. The summed E-state index contributed by atoms with van der Waals surface area (Å²) in [6.45, 7) is 9.47. The minimum atomic E-state index is -4.27. The van der Waals surface area contributed by atoms with E-state index in [2.05, 4.69) is 31.0 Å². The Labute approximate surface area is 119 Å². The molecule has 0 heterocycles. The van der Waals surface area contributed by atoms with Crippen molar-refractivity contribution >= 4 is 0 Å². The lowest BCUT2D eigenvalue weighted by atomic mass is 10.1. The summed E-state index contributed by atoms with van der Waals surface area (Å²) in [7, 11) is 0. The lowest BCUT2D eigenvalue weighted by Gasteiger charge is -2.24. The third-order valence-corrected chi connectivity index (χ3v) is 3.30. The van der Waals surface area contributed by atoms with Crippen LogP contribution in [0.3, 0.4) is 0 Å². The number of nitrogens with one attached hydrogen (secondary N) is 1. The van der Waals surface area contributed by atoms with Crippen molar-refractivity contribution in [1.29, 1.82) is 0 Å². The maximum absolute atomic E-state index is 12.6. The summed E-state index contributed by atoms with van der Waals surface area (Å²) in [6, 6.07) is 5.94. The smallest absolute Gasteiger partial charge is 0.311 e. The van der Waals surface area contributed by atoms with Crippen LogP contribution in [0.4, 0.5) is 13.2 Å². The van der Waals surface area contributed by atoms with Gasteiger partial charge in [0, 0.05) is 25.7 Å². The molecule has 0 aromatic heterocycles. The first-order valence-electron chi connectivity index (χ1n) is 6.95. The van der Waals surface area contributed by atoms with Gasteiger partial charge < -0.3 is 5.32 Å². The van der Waals surface area contributed by atoms with Gasteiger partial charge in [-0.3, -0.25) is 4.90 Å². The molecule has 114 valence electrons. The molecular formula is C15H23F3N2. The zero-order valence-electron chi connectivity index (χ0n) is 12.3. The Kier molecular flexibility index (Phi) is 6.49.